The third-order valence-corrected chi connectivity index (χ3v) is 5.50. The van der Waals surface area contributed by atoms with E-state index in [-0.39, 0.29) is 29.0 Å². The van der Waals surface area contributed by atoms with E-state index in [1.54, 1.807) is 19.9 Å². The molecular formula is C26H27N3O6. The summed E-state index contributed by atoms with van der Waals surface area (Å²) < 4.78 is 10.5. The van der Waals surface area contributed by atoms with Crippen LogP contribution in [0.5, 0.6) is 0 Å². The molecule has 0 fully saturated rings. The molecule has 9 nitrogen and oxygen atoms in total. The zero-order chi connectivity index (χ0) is 25.5. The second kappa shape index (κ2) is 11.3. The summed E-state index contributed by atoms with van der Waals surface area (Å²) in [6.45, 7) is 4.53. The fourth-order valence-corrected chi connectivity index (χ4v) is 3.86. The van der Waals surface area contributed by atoms with Crippen molar-refractivity contribution in [2.75, 3.05) is 27.3 Å². The molecule has 0 aliphatic heterocycles. The summed E-state index contributed by atoms with van der Waals surface area (Å²) in [7, 11) is 3.14. The average Bonchev–Trinajstić information content (AvgIpc) is 2.83. The van der Waals surface area contributed by atoms with Gasteiger partial charge in [-0.15, -0.1) is 0 Å². The van der Waals surface area contributed by atoms with Crippen molar-refractivity contribution in [3.05, 3.63) is 92.8 Å². The lowest BCUT2D eigenvalue weighted by Gasteiger charge is -2.19. The lowest BCUT2D eigenvalue weighted by atomic mass is 9.92. The molecule has 0 amide bonds. The van der Waals surface area contributed by atoms with Crippen LogP contribution in [0.25, 0.3) is 11.1 Å². The van der Waals surface area contributed by atoms with Crippen molar-refractivity contribution in [2.24, 2.45) is 0 Å². The first kappa shape index (κ1) is 25.5. The van der Waals surface area contributed by atoms with Crippen molar-refractivity contribution < 1.29 is 24.0 Å². The van der Waals surface area contributed by atoms with Crippen LogP contribution in [0.1, 0.15) is 37.7 Å². The van der Waals surface area contributed by atoms with Gasteiger partial charge < -0.3 is 9.47 Å². The summed E-state index contributed by atoms with van der Waals surface area (Å²) >= 11 is 0. The molecule has 0 bridgehead atoms. The summed E-state index contributed by atoms with van der Waals surface area (Å²) in [5.74, 6) is -1.37. The predicted octanol–water partition coefficient (Wildman–Crippen LogP) is 4.35. The molecule has 2 aromatic carbocycles. The van der Waals surface area contributed by atoms with Crippen molar-refractivity contribution in [2.45, 2.75) is 20.4 Å². The highest BCUT2D eigenvalue weighted by atomic mass is 16.6. The Hall–Kier alpha value is -4.11. The number of nitro benzene ring substituents is 1. The summed E-state index contributed by atoms with van der Waals surface area (Å²) in [5.41, 5.74) is 2.31. The van der Waals surface area contributed by atoms with Gasteiger partial charge in [0.15, 0.2) is 0 Å². The molecule has 0 radical (unpaired) electrons. The zero-order valence-electron chi connectivity index (χ0n) is 20.1. The van der Waals surface area contributed by atoms with Crippen LogP contribution in [0.2, 0.25) is 0 Å². The molecule has 1 heterocycles. The third-order valence-electron chi connectivity index (χ3n) is 5.50. The van der Waals surface area contributed by atoms with Gasteiger partial charge in [0, 0.05) is 30.8 Å². The Labute approximate surface area is 203 Å². The number of nitrogens with zero attached hydrogens (tertiary/aromatic N) is 3. The van der Waals surface area contributed by atoms with Gasteiger partial charge in [0.2, 0.25) is 0 Å². The molecule has 35 heavy (non-hydrogen) atoms. The number of nitro groups is 1. The predicted molar refractivity (Wildman–Crippen MR) is 130 cm³/mol. The van der Waals surface area contributed by atoms with Gasteiger partial charge in [-0.2, -0.15) is 0 Å². The topological polar surface area (TPSA) is 112 Å². The van der Waals surface area contributed by atoms with Crippen molar-refractivity contribution in [1.29, 1.82) is 0 Å². The van der Waals surface area contributed by atoms with Gasteiger partial charge in [0.25, 0.3) is 5.69 Å². The molecule has 0 atom stereocenters. The maximum atomic E-state index is 13.2. The fraction of sp³-hybridized carbons (Fsp3) is 0.269. The van der Waals surface area contributed by atoms with Gasteiger partial charge in [0.05, 0.1) is 34.5 Å². The van der Waals surface area contributed by atoms with Crippen LogP contribution in [-0.2, 0) is 16.0 Å². The summed E-state index contributed by atoms with van der Waals surface area (Å²) in [6, 6.07) is 15.6. The summed E-state index contributed by atoms with van der Waals surface area (Å²) in [6.07, 6.45) is 0. The molecule has 3 aromatic rings. The molecule has 0 unspecified atom stereocenters. The van der Waals surface area contributed by atoms with Gasteiger partial charge in [-0.1, -0.05) is 42.5 Å². The Bertz CT molecular complexity index is 1240. The molecule has 9 heteroatoms. The molecular weight excluding hydrogens is 450 g/mol. The van der Waals surface area contributed by atoms with E-state index in [1.807, 2.05) is 42.3 Å². The second-order valence-corrected chi connectivity index (χ2v) is 8.07. The first-order valence-corrected chi connectivity index (χ1v) is 11.0. The molecule has 0 saturated carbocycles. The number of benzene rings is 2. The average molecular weight is 478 g/mol. The van der Waals surface area contributed by atoms with Gasteiger partial charge >= 0.3 is 11.9 Å². The van der Waals surface area contributed by atoms with E-state index in [4.69, 9.17) is 9.47 Å². The first-order valence-electron chi connectivity index (χ1n) is 11.0. The summed E-state index contributed by atoms with van der Waals surface area (Å²) in [5, 5.41) is 11.4. The molecule has 3 rings (SSSR count). The van der Waals surface area contributed by atoms with E-state index in [0.29, 0.717) is 30.0 Å². The van der Waals surface area contributed by atoms with Gasteiger partial charge in [-0.05, 0) is 32.0 Å². The van der Waals surface area contributed by atoms with Crippen molar-refractivity contribution >= 4 is 17.6 Å². The number of pyridine rings is 1. The Morgan fingerprint density at radius 3 is 2.29 bits per heavy atom. The first-order chi connectivity index (χ1) is 16.7. The number of aromatic nitrogens is 1. The van der Waals surface area contributed by atoms with Gasteiger partial charge in [0.1, 0.15) is 6.61 Å². The number of ether oxygens (including phenoxy) is 2. The van der Waals surface area contributed by atoms with Crippen LogP contribution in [-0.4, -0.2) is 54.1 Å². The maximum absolute atomic E-state index is 13.2. The number of carbonyl (C=O) groups excluding carboxylic acids is 2. The van der Waals surface area contributed by atoms with Crippen molar-refractivity contribution in [3.8, 4) is 11.1 Å². The molecule has 1 aromatic heterocycles. The number of non-ortho nitro benzene ring substituents is 1. The van der Waals surface area contributed by atoms with E-state index in [9.17, 15) is 19.7 Å². The van der Waals surface area contributed by atoms with Gasteiger partial charge in [-0.25, -0.2) is 9.59 Å². The van der Waals surface area contributed by atoms with Crippen LogP contribution in [0, 0.1) is 24.0 Å². The monoisotopic (exact) mass is 477 g/mol. The number of hydrogen-bond donors (Lipinski definition) is 0. The number of carbonyl (C=O) groups is 2. The summed E-state index contributed by atoms with van der Waals surface area (Å²) in [4.78, 5) is 43.1. The number of rotatable bonds is 9. The van der Waals surface area contributed by atoms with Crippen LogP contribution < -0.4 is 0 Å². The molecule has 0 aliphatic carbocycles. The van der Waals surface area contributed by atoms with Gasteiger partial charge in [-0.3, -0.25) is 20.0 Å². The second-order valence-electron chi connectivity index (χ2n) is 8.07. The molecule has 0 N–H and O–H groups in total. The Morgan fingerprint density at radius 1 is 1.00 bits per heavy atom. The number of methoxy groups -OCH3 is 1. The number of likely N-dealkylation sites (N-methyl/N-ethyl adjacent to an activating group) is 1. The molecule has 0 spiro atoms. The minimum absolute atomic E-state index is 0.0618. The van der Waals surface area contributed by atoms with Crippen LogP contribution in [0.3, 0.4) is 0 Å². The Kier molecular flexibility index (Phi) is 8.27. The number of esters is 2. The van der Waals surface area contributed by atoms with Crippen LogP contribution in [0.4, 0.5) is 5.69 Å². The van der Waals surface area contributed by atoms with E-state index < -0.39 is 16.9 Å². The standard InChI is InChI=1S/C26H27N3O6/c1-17-22(25(30)34-4)24(20-11-8-12-21(15-20)29(32)33)23(18(2)27-17)26(31)35-14-13-28(3)16-19-9-6-5-7-10-19/h5-12,15H,13-14,16H2,1-4H3. The SMILES string of the molecule is COC(=O)c1c(C)nc(C)c(C(=O)OCCN(C)Cc2ccccc2)c1-c1cccc([N+](=O)[O-])c1. The molecule has 0 aliphatic rings. The number of hydrogen-bond acceptors (Lipinski definition) is 8. The lowest BCUT2D eigenvalue weighted by Crippen LogP contribution is -2.25. The van der Waals surface area contributed by atoms with Crippen molar-refractivity contribution in [1.82, 2.24) is 9.88 Å². The highest BCUT2D eigenvalue weighted by molar-refractivity contribution is 6.07. The van der Waals surface area contributed by atoms with E-state index >= 15 is 0 Å². The molecule has 182 valence electrons. The quantitative estimate of drug-likeness (QED) is 0.254. The minimum atomic E-state index is -0.701. The Balaban J connectivity index is 1.93. The fourth-order valence-electron chi connectivity index (χ4n) is 3.86. The number of aryl methyl sites for hydroxylation is 2. The normalized spacial score (nSPS) is 10.8. The lowest BCUT2D eigenvalue weighted by molar-refractivity contribution is -0.384. The molecule has 0 saturated heterocycles. The largest absolute Gasteiger partial charge is 0.465 e. The Morgan fingerprint density at radius 2 is 1.66 bits per heavy atom. The van der Waals surface area contributed by atoms with Crippen molar-refractivity contribution in [3.63, 3.8) is 0 Å². The minimum Gasteiger partial charge on any atom is -0.465 e. The third kappa shape index (κ3) is 6.07. The smallest absolute Gasteiger partial charge is 0.340 e. The maximum Gasteiger partial charge on any atom is 0.340 e. The van der Waals surface area contributed by atoms with E-state index in [0.717, 1.165) is 5.56 Å². The van der Waals surface area contributed by atoms with E-state index in [2.05, 4.69) is 4.98 Å². The zero-order valence-corrected chi connectivity index (χ0v) is 20.1. The van der Waals surface area contributed by atoms with Crippen LogP contribution in [0.15, 0.2) is 54.6 Å². The highest BCUT2D eigenvalue weighted by Gasteiger charge is 2.28. The van der Waals surface area contributed by atoms with Crippen LogP contribution >= 0.6 is 0 Å². The highest BCUT2D eigenvalue weighted by Crippen LogP contribution is 2.34. The van der Waals surface area contributed by atoms with E-state index in [1.165, 1.54) is 25.3 Å².